The molecule has 150 valence electrons. The van der Waals surface area contributed by atoms with Crippen molar-refractivity contribution in [1.29, 1.82) is 0 Å². The van der Waals surface area contributed by atoms with Crippen molar-refractivity contribution in [2.45, 2.75) is 51.1 Å². The molecule has 0 aliphatic carbocycles. The van der Waals surface area contributed by atoms with Crippen molar-refractivity contribution in [3.05, 3.63) is 29.8 Å². The van der Waals surface area contributed by atoms with Gasteiger partial charge in [-0.2, -0.15) is 4.31 Å². The third-order valence-electron chi connectivity index (χ3n) is 4.20. The summed E-state index contributed by atoms with van der Waals surface area (Å²) in [7, 11) is 1.95. The van der Waals surface area contributed by atoms with Crippen molar-refractivity contribution in [3.8, 4) is 0 Å². The number of sulfonamides is 1. The standard InChI is InChI=1S/C18H32N4O2S.HI/c1-7-8-13-21(5)18(19-4)20-14-16-9-11-17(12-10-16)25(23,24)22(6)15(2)3;/h9-12,15H,7-8,13-14H2,1-6H3,(H,19,20);1H. The van der Waals surface area contributed by atoms with Gasteiger partial charge >= 0.3 is 0 Å². The first kappa shape index (κ1) is 25.1. The number of unbranched alkanes of at least 4 members (excludes halogenated alkanes) is 1. The second kappa shape index (κ2) is 11.8. The summed E-state index contributed by atoms with van der Waals surface area (Å²) in [5, 5.41) is 3.31. The molecular formula is C18H33IN4O2S. The molecule has 0 radical (unpaired) electrons. The Labute approximate surface area is 176 Å². The summed E-state index contributed by atoms with van der Waals surface area (Å²) in [6, 6.07) is 6.93. The van der Waals surface area contributed by atoms with Crippen LogP contribution in [0.3, 0.4) is 0 Å². The number of rotatable bonds is 8. The van der Waals surface area contributed by atoms with E-state index in [1.54, 1.807) is 26.2 Å². The third-order valence-corrected chi connectivity index (χ3v) is 6.25. The molecule has 1 rings (SSSR count). The Morgan fingerprint density at radius 1 is 1.19 bits per heavy atom. The van der Waals surface area contributed by atoms with Crippen molar-refractivity contribution in [2.24, 2.45) is 4.99 Å². The van der Waals surface area contributed by atoms with Crippen LogP contribution in [-0.2, 0) is 16.6 Å². The molecule has 0 saturated carbocycles. The van der Waals surface area contributed by atoms with Crippen LogP contribution in [0.5, 0.6) is 0 Å². The van der Waals surface area contributed by atoms with E-state index in [4.69, 9.17) is 0 Å². The lowest BCUT2D eigenvalue weighted by Crippen LogP contribution is -2.39. The Balaban J connectivity index is 0.00000625. The van der Waals surface area contributed by atoms with Crippen molar-refractivity contribution in [3.63, 3.8) is 0 Å². The van der Waals surface area contributed by atoms with Gasteiger partial charge in [0.15, 0.2) is 5.96 Å². The Morgan fingerprint density at radius 2 is 1.77 bits per heavy atom. The van der Waals surface area contributed by atoms with Gasteiger partial charge < -0.3 is 10.2 Å². The van der Waals surface area contributed by atoms with Gasteiger partial charge in [0.05, 0.1) is 4.90 Å². The van der Waals surface area contributed by atoms with Gasteiger partial charge in [-0.25, -0.2) is 8.42 Å². The quantitative estimate of drug-likeness (QED) is 0.341. The lowest BCUT2D eigenvalue weighted by Gasteiger charge is -2.22. The molecule has 0 saturated heterocycles. The molecule has 1 aromatic rings. The predicted molar refractivity (Wildman–Crippen MR) is 120 cm³/mol. The first-order valence-electron chi connectivity index (χ1n) is 8.72. The van der Waals surface area contributed by atoms with Gasteiger partial charge in [-0.3, -0.25) is 4.99 Å². The van der Waals surface area contributed by atoms with Gasteiger partial charge in [-0.1, -0.05) is 25.5 Å². The van der Waals surface area contributed by atoms with Crippen LogP contribution in [0.4, 0.5) is 0 Å². The average Bonchev–Trinajstić information content (AvgIpc) is 2.59. The van der Waals surface area contributed by atoms with Crippen LogP contribution >= 0.6 is 24.0 Å². The molecule has 1 N–H and O–H groups in total. The van der Waals surface area contributed by atoms with Crippen molar-refractivity contribution >= 4 is 40.0 Å². The van der Waals surface area contributed by atoms with Crippen LogP contribution in [0.15, 0.2) is 34.2 Å². The van der Waals surface area contributed by atoms with Crippen LogP contribution in [0.2, 0.25) is 0 Å². The molecule has 0 aliphatic heterocycles. The van der Waals surface area contributed by atoms with E-state index in [0.717, 1.165) is 30.9 Å². The first-order valence-corrected chi connectivity index (χ1v) is 10.2. The molecule has 0 amide bonds. The molecule has 0 bridgehead atoms. The Bertz CT molecular complexity index is 660. The summed E-state index contributed by atoms with van der Waals surface area (Å²) < 4.78 is 26.3. The van der Waals surface area contributed by atoms with Gasteiger partial charge in [0, 0.05) is 40.3 Å². The maximum absolute atomic E-state index is 12.5. The second-order valence-corrected chi connectivity index (χ2v) is 8.43. The van der Waals surface area contributed by atoms with Gasteiger partial charge in [0.25, 0.3) is 0 Å². The zero-order valence-electron chi connectivity index (χ0n) is 16.7. The zero-order chi connectivity index (χ0) is 19.0. The summed E-state index contributed by atoms with van der Waals surface area (Å²) in [6.07, 6.45) is 2.26. The summed E-state index contributed by atoms with van der Waals surface area (Å²) in [5.41, 5.74) is 1.01. The number of hydrogen-bond donors (Lipinski definition) is 1. The SMILES string of the molecule is CCCCN(C)C(=NC)NCc1ccc(S(=O)(=O)N(C)C(C)C)cc1.I. The van der Waals surface area contributed by atoms with E-state index in [2.05, 4.69) is 22.1 Å². The van der Waals surface area contributed by atoms with E-state index in [-0.39, 0.29) is 30.0 Å². The number of aliphatic imine (C=N–C) groups is 1. The molecule has 0 heterocycles. The lowest BCUT2D eigenvalue weighted by molar-refractivity contribution is 0.410. The summed E-state index contributed by atoms with van der Waals surface area (Å²) >= 11 is 0. The van der Waals surface area contributed by atoms with E-state index >= 15 is 0 Å². The molecule has 0 spiro atoms. The summed E-state index contributed by atoms with van der Waals surface area (Å²) in [5.74, 6) is 0.838. The highest BCUT2D eigenvalue weighted by Crippen LogP contribution is 2.17. The zero-order valence-corrected chi connectivity index (χ0v) is 19.8. The largest absolute Gasteiger partial charge is 0.352 e. The highest BCUT2D eigenvalue weighted by atomic mass is 127. The number of nitrogens with zero attached hydrogens (tertiary/aromatic N) is 3. The smallest absolute Gasteiger partial charge is 0.243 e. The molecular weight excluding hydrogens is 463 g/mol. The molecule has 26 heavy (non-hydrogen) atoms. The highest BCUT2D eigenvalue weighted by molar-refractivity contribution is 14.0. The second-order valence-electron chi connectivity index (χ2n) is 6.43. The number of hydrogen-bond acceptors (Lipinski definition) is 3. The van der Waals surface area contributed by atoms with E-state index in [0.29, 0.717) is 11.4 Å². The first-order chi connectivity index (χ1) is 11.7. The van der Waals surface area contributed by atoms with Crippen LogP contribution in [0.25, 0.3) is 0 Å². The summed E-state index contributed by atoms with van der Waals surface area (Å²) in [4.78, 5) is 6.70. The van der Waals surface area contributed by atoms with Crippen molar-refractivity contribution < 1.29 is 8.42 Å². The Kier molecular flexibility index (Phi) is 11.4. The van der Waals surface area contributed by atoms with Crippen LogP contribution < -0.4 is 5.32 Å². The van der Waals surface area contributed by atoms with Crippen LogP contribution in [0.1, 0.15) is 39.2 Å². The summed E-state index contributed by atoms with van der Waals surface area (Å²) in [6.45, 7) is 7.43. The molecule has 1 aromatic carbocycles. The van der Waals surface area contributed by atoms with Crippen molar-refractivity contribution in [1.82, 2.24) is 14.5 Å². The minimum absolute atomic E-state index is 0. The topological polar surface area (TPSA) is 65.0 Å². The van der Waals surface area contributed by atoms with E-state index in [9.17, 15) is 8.42 Å². The number of nitrogens with one attached hydrogen (secondary N) is 1. The maximum atomic E-state index is 12.5. The number of guanidine groups is 1. The van der Waals surface area contributed by atoms with Gasteiger partial charge in [0.2, 0.25) is 10.0 Å². The molecule has 8 heteroatoms. The van der Waals surface area contributed by atoms with Crippen LogP contribution in [-0.4, -0.2) is 57.3 Å². The number of halogens is 1. The molecule has 0 unspecified atom stereocenters. The number of benzene rings is 1. The minimum Gasteiger partial charge on any atom is -0.352 e. The van der Waals surface area contributed by atoms with E-state index in [1.165, 1.54) is 4.31 Å². The van der Waals surface area contributed by atoms with E-state index < -0.39 is 10.0 Å². The van der Waals surface area contributed by atoms with Crippen molar-refractivity contribution in [2.75, 3.05) is 27.7 Å². The average molecular weight is 496 g/mol. The molecule has 0 atom stereocenters. The minimum atomic E-state index is -3.43. The molecule has 0 aliphatic rings. The van der Waals surface area contributed by atoms with Gasteiger partial charge in [0.1, 0.15) is 0 Å². The van der Waals surface area contributed by atoms with Gasteiger partial charge in [-0.05, 0) is 38.0 Å². The fourth-order valence-electron chi connectivity index (χ4n) is 2.29. The fraction of sp³-hybridized carbons (Fsp3) is 0.611. The fourth-order valence-corrected chi connectivity index (χ4v) is 3.66. The lowest BCUT2D eigenvalue weighted by atomic mass is 10.2. The normalized spacial score (nSPS) is 12.2. The van der Waals surface area contributed by atoms with E-state index in [1.807, 2.05) is 33.0 Å². The molecule has 0 fully saturated rings. The Hall–Kier alpha value is -0.870. The Morgan fingerprint density at radius 3 is 2.23 bits per heavy atom. The maximum Gasteiger partial charge on any atom is 0.243 e. The highest BCUT2D eigenvalue weighted by Gasteiger charge is 2.22. The molecule has 6 nitrogen and oxygen atoms in total. The van der Waals surface area contributed by atoms with Crippen LogP contribution in [0, 0.1) is 0 Å². The predicted octanol–water partition coefficient (Wildman–Crippen LogP) is 3.14. The molecule has 0 aromatic heterocycles. The van der Waals surface area contributed by atoms with Gasteiger partial charge in [-0.15, -0.1) is 24.0 Å². The third kappa shape index (κ3) is 7.03. The monoisotopic (exact) mass is 496 g/mol.